The lowest BCUT2D eigenvalue weighted by Crippen LogP contribution is -2.53. The second-order valence-electron chi connectivity index (χ2n) is 5.30. The Bertz CT molecular complexity index is 491. The molecule has 0 unspecified atom stereocenters. The highest BCUT2D eigenvalue weighted by atomic mass is 16.6. The lowest BCUT2D eigenvalue weighted by Gasteiger charge is -2.36. The average Bonchev–Trinajstić information content (AvgIpc) is 3.08. The van der Waals surface area contributed by atoms with Crippen molar-refractivity contribution in [3.05, 3.63) is 24.2 Å². The van der Waals surface area contributed by atoms with E-state index in [0.717, 1.165) is 6.42 Å². The van der Waals surface area contributed by atoms with E-state index in [1.165, 1.54) is 6.26 Å². The first kappa shape index (κ1) is 13.2. The van der Waals surface area contributed by atoms with Crippen molar-refractivity contribution in [2.75, 3.05) is 26.2 Å². The number of cyclic esters (lactones) is 1. The van der Waals surface area contributed by atoms with Crippen LogP contribution in [0.3, 0.4) is 0 Å². The Morgan fingerprint density at radius 3 is 2.60 bits per heavy atom. The monoisotopic (exact) mass is 278 g/mol. The lowest BCUT2D eigenvalue weighted by atomic mass is 10.1. The Balaban J connectivity index is 1.57. The molecule has 2 aliphatic rings. The highest BCUT2D eigenvalue weighted by molar-refractivity contribution is 5.91. The van der Waals surface area contributed by atoms with Crippen LogP contribution in [0, 0.1) is 0 Å². The molecule has 0 N–H and O–H groups in total. The first-order valence-electron chi connectivity index (χ1n) is 6.92. The summed E-state index contributed by atoms with van der Waals surface area (Å²) in [4.78, 5) is 27.7. The summed E-state index contributed by atoms with van der Waals surface area (Å²) in [6.45, 7) is 4.52. The van der Waals surface area contributed by atoms with Crippen LogP contribution in [0.4, 0.5) is 0 Å². The highest BCUT2D eigenvalue weighted by Gasteiger charge is 2.38. The summed E-state index contributed by atoms with van der Waals surface area (Å²) in [5.74, 6) is 0.146. The van der Waals surface area contributed by atoms with Crippen LogP contribution in [0.25, 0.3) is 0 Å². The Morgan fingerprint density at radius 1 is 1.30 bits per heavy atom. The summed E-state index contributed by atoms with van der Waals surface area (Å²) in [5, 5.41) is 0. The molecule has 0 saturated carbocycles. The number of ether oxygens (including phenoxy) is 1. The first-order valence-corrected chi connectivity index (χ1v) is 6.92. The number of piperazine rings is 1. The number of hydrogen-bond acceptors (Lipinski definition) is 5. The highest BCUT2D eigenvalue weighted by Crippen LogP contribution is 2.21. The van der Waals surface area contributed by atoms with E-state index in [2.05, 4.69) is 4.90 Å². The molecule has 2 fully saturated rings. The van der Waals surface area contributed by atoms with E-state index in [1.807, 2.05) is 6.92 Å². The van der Waals surface area contributed by atoms with Gasteiger partial charge in [0.2, 0.25) is 0 Å². The molecule has 20 heavy (non-hydrogen) atoms. The molecule has 0 aliphatic carbocycles. The van der Waals surface area contributed by atoms with Gasteiger partial charge in [-0.15, -0.1) is 0 Å². The van der Waals surface area contributed by atoms with Crippen LogP contribution in [-0.2, 0) is 9.53 Å². The number of rotatable bonds is 2. The van der Waals surface area contributed by atoms with E-state index in [4.69, 9.17) is 9.15 Å². The van der Waals surface area contributed by atoms with Crippen LogP contribution in [0.15, 0.2) is 22.8 Å². The van der Waals surface area contributed by atoms with Gasteiger partial charge in [-0.25, -0.2) is 0 Å². The summed E-state index contributed by atoms with van der Waals surface area (Å²) in [7, 11) is 0. The molecule has 0 aromatic carbocycles. The van der Waals surface area contributed by atoms with E-state index < -0.39 is 0 Å². The number of hydrogen-bond donors (Lipinski definition) is 0. The van der Waals surface area contributed by atoms with Gasteiger partial charge in [-0.3, -0.25) is 14.5 Å². The maximum absolute atomic E-state index is 12.1. The number of nitrogens with zero attached hydrogens (tertiary/aromatic N) is 2. The van der Waals surface area contributed by atoms with Crippen LogP contribution in [0.1, 0.15) is 23.9 Å². The van der Waals surface area contributed by atoms with Gasteiger partial charge in [-0.1, -0.05) is 0 Å². The summed E-state index contributed by atoms with van der Waals surface area (Å²) < 4.78 is 10.3. The third-order valence-corrected chi connectivity index (χ3v) is 3.92. The molecular weight excluding hydrogens is 260 g/mol. The van der Waals surface area contributed by atoms with Crippen LogP contribution >= 0.6 is 0 Å². The SMILES string of the molecule is C[C@@H]1C[C@H](N2CCN(C(=O)c3ccco3)CC2)C(=O)O1. The number of carbonyl (C=O) groups excluding carboxylic acids is 2. The van der Waals surface area contributed by atoms with Crippen molar-refractivity contribution in [1.29, 1.82) is 0 Å². The Hall–Kier alpha value is -1.82. The molecule has 2 aliphatic heterocycles. The van der Waals surface area contributed by atoms with E-state index >= 15 is 0 Å². The van der Waals surface area contributed by atoms with Crippen molar-refractivity contribution in [2.45, 2.75) is 25.5 Å². The van der Waals surface area contributed by atoms with Crippen molar-refractivity contribution >= 4 is 11.9 Å². The predicted octanol–water partition coefficient (Wildman–Crippen LogP) is 0.741. The minimum atomic E-state index is -0.147. The molecule has 3 rings (SSSR count). The van der Waals surface area contributed by atoms with Crippen molar-refractivity contribution in [3.63, 3.8) is 0 Å². The molecule has 1 amide bonds. The molecule has 0 radical (unpaired) electrons. The van der Waals surface area contributed by atoms with Crippen molar-refractivity contribution in [1.82, 2.24) is 9.80 Å². The lowest BCUT2D eigenvalue weighted by molar-refractivity contribution is -0.145. The van der Waals surface area contributed by atoms with Crippen LogP contribution in [0.5, 0.6) is 0 Å². The largest absolute Gasteiger partial charge is 0.461 e. The molecule has 2 saturated heterocycles. The quantitative estimate of drug-likeness (QED) is 0.747. The van der Waals surface area contributed by atoms with Crippen molar-refractivity contribution < 1.29 is 18.7 Å². The standard InChI is InChI=1S/C14H18N2O4/c1-10-9-11(14(18)20-10)15-4-6-16(7-5-15)13(17)12-3-2-8-19-12/h2-3,8,10-11H,4-7,9H2,1H3/t10-,11+/m1/s1. The van der Waals surface area contributed by atoms with Crippen LogP contribution in [0.2, 0.25) is 0 Å². The summed E-state index contributed by atoms with van der Waals surface area (Å²) in [5.41, 5.74) is 0. The van der Waals surface area contributed by atoms with E-state index in [0.29, 0.717) is 31.9 Å². The zero-order valence-electron chi connectivity index (χ0n) is 11.4. The second-order valence-corrected chi connectivity index (χ2v) is 5.30. The average molecular weight is 278 g/mol. The maximum atomic E-state index is 12.1. The fourth-order valence-electron chi connectivity index (χ4n) is 2.83. The zero-order chi connectivity index (χ0) is 14.1. The summed E-state index contributed by atoms with van der Waals surface area (Å²) in [6, 6.07) is 3.23. The number of carbonyl (C=O) groups is 2. The van der Waals surface area contributed by atoms with Crippen LogP contribution < -0.4 is 0 Å². The topological polar surface area (TPSA) is 63.0 Å². The van der Waals surface area contributed by atoms with Gasteiger partial charge in [0.25, 0.3) is 5.91 Å². The third kappa shape index (κ3) is 2.43. The summed E-state index contributed by atoms with van der Waals surface area (Å²) >= 11 is 0. The van der Waals surface area contributed by atoms with Crippen molar-refractivity contribution in [3.8, 4) is 0 Å². The predicted molar refractivity (Wildman–Crippen MR) is 70.1 cm³/mol. The van der Waals surface area contributed by atoms with Crippen LogP contribution in [-0.4, -0.2) is 60.0 Å². The minimum absolute atomic E-state index is 0.00437. The Morgan fingerprint density at radius 2 is 2.05 bits per heavy atom. The first-order chi connectivity index (χ1) is 9.65. The molecule has 108 valence electrons. The molecule has 1 aromatic heterocycles. The zero-order valence-corrected chi connectivity index (χ0v) is 11.4. The minimum Gasteiger partial charge on any atom is -0.461 e. The maximum Gasteiger partial charge on any atom is 0.323 e. The third-order valence-electron chi connectivity index (χ3n) is 3.92. The van der Waals surface area contributed by atoms with E-state index in [9.17, 15) is 9.59 Å². The Labute approximate surface area is 117 Å². The fourth-order valence-corrected chi connectivity index (χ4v) is 2.83. The summed E-state index contributed by atoms with van der Waals surface area (Å²) in [6.07, 6.45) is 2.24. The fraction of sp³-hybridized carbons (Fsp3) is 0.571. The molecular formula is C14H18N2O4. The number of amides is 1. The number of furan rings is 1. The van der Waals surface area contributed by atoms with Gasteiger partial charge in [0, 0.05) is 32.6 Å². The molecule has 3 heterocycles. The second kappa shape index (κ2) is 5.28. The molecule has 2 atom stereocenters. The van der Waals surface area contributed by atoms with Gasteiger partial charge in [-0.05, 0) is 19.1 Å². The normalized spacial score (nSPS) is 27.6. The van der Waals surface area contributed by atoms with E-state index in [1.54, 1.807) is 17.0 Å². The van der Waals surface area contributed by atoms with E-state index in [-0.39, 0.29) is 24.0 Å². The molecule has 1 aromatic rings. The smallest absolute Gasteiger partial charge is 0.323 e. The van der Waals surface area contributed by atoms with Crippen molar-refractivity contribution in [2.24, 2.45) is 0 Å². The van der Waals surface area contributed by atoms with Gasteiger partial charge >= 0.3 is 5.97 Å². The van der Waals surface area contributed by atoms with Gasteiger partial charge in [0.15, 0.2) is 5.76 Å². The van der Waals surface area contributed by atoms with Gasteiger partial charge in [0.05, 0.1) is 6.26 Å². The Kier molecular flexibility index (Phi) is 3.48. The molecule has 6 nitrogen and oxygen atoms in total. The molecule has 6 heteroatoms. The van der Waals surface area contributed by atoms with Gasteiger partial charge < -0.3 is 14.1 Å². The molecule has 0 spiro atoms. The molecule has 0 bridgehead atoms. The number of esters is 1. The van der Waals surface area contributed by atoms with Gasteiger partial charge in [0.1, 0.15) is 12.1 Å². The van der Waals surface area contributed by atoms with Gasteiger partial charge in [-0.2, -0.15) is 0 Å².